The molecule has 0 unspecified atom stereocenters. The molecule has 0 radical (unpaired) electrons. The van der Waals surface area contributed by atoms with E-state index in [1.54, 1.807) is 48.8 Å². The molecular weight excluding hydrogens is 488 g/mol. The van der Waals surface area contributed by atoms with Crippen molar-refractivity contribution in [2.45, 2.75) is 6.92 Å². The lowest BCUT2D eigenvalue weighted by Gasteiger charge is -2.10. The Kier molecular flexibility index (Phi) is 5.80. The molecule has 0 saturated heterocycles. The average Bonchev–Trinajstić information content (AvgIpc) is 3.13. The molecule has 2 aromatic carbocycles. The monoisotopic (exact) mass is 500 g/mol. The normalized spacial score (nSPS) is 10.8. The van der Waals surface area contributed by atoms with E-state index in [2.05, 4.69) is 36.5 Å². The third-order valence-corrected chi connectivity index (χ3v) is 5.30. The molecule has 4 aromatic rings. The second kappa shape index (κ2) is 8.51. The van der Waals surface area contributed by atoms with Crippen LogP contribution in [0.15, 0.2) is 63.7 Å². The first kappa shape index (κ1) is 20.5. The molecular formula is C21H14BrClN4O2S. The lowest BCUT2D eigenvalue weighted by molar-refractivity contribution is 0.0977. The number of hydrogen-bond donors (Lipinski definition) is 2. The largest absolute Gasteiger partial charge is 0.436 e. The van der Waals surface area contributed by atoms with Gasteiger partial charge in [0.05, 0.1) is 5.56 Å². The zero-order chi connectivity index (χ0) is 21.3. The van der Waals surface area contributed by atoms with Crippen molar-refractivity contribution in [1.29, 1.82) is 0 Å². The minimum Gasteiger partial charge on any atom is -0.436 e. The first-order chi connectivity index (χ1) is 14.4. The molecule has 0 saturated carbocycles. The van der Waals surface area contributed by atoms with Gasteiger partial charge >= 0.3 is 0 Å². The second-order valence-electron chi connectivity index (χ2n) is 6.47. The third kappa shape index (κ3) is 4.51. The van der Waals surface area contributed by atoms with Crippen LogP contribution in [-0.2, 0) is 0 Å². The van der Waals surface area contributed by atoms with Crippen LogP contribution in [0.3, 0.4) is 0 Å². The number of rotatable bonds is 3. The summed E-state index contributed by atoms with van der Waals surface area (Å²) in [5, 5.41) is 6.31. The van der Waals surface area contributed by atoms with Crippen molar-refractivity contribution in [3.8, 4) is 11.5 Å². The van der Waals surface area contributed by atoms with Gasteiger partial charge in [0.15, 0.2) is 10.7 Å². The van der Waals surface area contributed by atoms with Crippen LogP contribution in [0.25, 0.3) is 22.6 Å². The summed E-state index contributed by atoms with van der Waals surface area (Å²) in [4.78, 5) is 21.0. The van der Waals surface area contributed by atoms with Gasteiger partial charge in [0.1, 0.15) is 5.52 Å². The summed E-state index contributed by atoms with van der Waals surface area (Å²) in [6.07, 6.45) is 3.37. The maximum atomic E-state index is 12.4. The summed E-state index contributed by atoms with van der Waals surface area (Å²) >= 11 is 14.7. The first-order valence-corrected chi connectivity index (χ1v) is 10.4. The Balaban J connectivity index is 1.48. The fourth-order valence-corrected chi connectivity index (χ4v) is 3.49. The van der Waals surface area contributed by atoms with Crippen molar-refractivity contribution in [2.75, 3.05) is 5.32 Å². The molecule has 2 heterocycles. The van der Waals surface area contributed by atoms with Crippen LogP contribution in [0.4, 0.5) is 5.69 Å². The van der Waals surface area contributed by atoms with Crippen LogP contribution in [0.5, 0.6) is 0 Å². The van der Waals surface area contributed by atoms with Crippen molar-refractivity contribution >= 4 is 67.6 Å². The highest BCUT2D eigenvalue weighted by Gasteiger charge is 2.12. The zero-order valence-corrected chi connectivity index (χ0v) is 18.7. The van der Waals surface area contributed by atoms with E-state index in [1.165, 1.54) is 0 Å². The number of carbonyl (C=O) groups is 1. The standard InChI is InChI=1S/C21H14BrClN4O2S/c1-11-2-3-12(7-16(11)23)19(28)27-21(30)25-15-4-5-18-17(8-15)26-20(29-18)13-6-14(22)10-24-9-13/h2-10H,1H3,(H2,25,27,28,30). The van der Waals surface area contributed by atoms with E-state index in [4.69, 9.17) is 28.2 Å². The zero-order valence-electron chi connectivity index (χ0n) is 15.6. The van der Waals surface area contributed by atoms with Gasteiger partial charge < -0.3 is 9.73 Å². The topological polar surface area (TPSA) is 80.0 Å². The molecule has 1 amide bonds. The molecule has 0 bridgehead atoms. The van der Waals surface area contributed by atoms with Gasteiger partial charge in [-0.05, 0) is 77.0 Å². The summed E-state index contributed by atoms with van der Waals surface area (Å²) in [7, 11) is 0. The van der Waals surface area contributed by atoms with Crippen LogP contribution in [0.1, 0.15) is 15.9 Å². The number of pyridine rings is 1. The van der Waals surface area contributed by atoms with Gasteiger partial charge in [-0.15, -0.1) is 0 Å². The van der Waals surface area contributed by atoms with Crippen molar-refractivity contribution in [3.05, 3.63) is 75.5 Å². The quantitative estimate of drug-likeness (QED) is 0.348. The molecule has 2 aromatic heterocycles. The SMILES string of the molecule is Cc1ccc(C(=O)NC(=S)Nc2ccc3oc(-c4cncc(Br)c4)nc3c2)cc1Cl. The minimum absolute atomic E-state index is 0.163. The predicted molar refractivity (Wildman–Crippen MR) is 125 cm³/mol. The van der Waals surface area contributed by atoms with Crippen molar-refractivity contribution in [3.63, 3.8) is 0 Å². The highest BCUT2D eigenvalue weighted by molar-refractivity contribution is 9.10. The highest BCUT2D eigenvalue weighted by atomic mass is 79.9. The number of nitrogens with one attached hydrogen (secondary N) is 2. The van der Waals surface area contributed by atoms with Gasteiger partial charge in [-0.3, -0.25) is 15.1 Å². The predicted octanol–water partition coefficient (Wildman–Crippen LogP) is 5.74. The Labute approximate surface area is 190 Å². The van der Waals surface area contributed by atoms with E-state index in [1.807, 2.05) is 13.0 Å². The number of benzene rings is 2. The first-order valence-electron chi connectivity index (χ1n) is 8.79. The minimum atomic E-state index is -0.346. The van der Waals surface area contributed by atoms with Crippen molar-refractivity contribution < 1.29 is 9.21 Å². The van der Waals surface area contributed by atoms with E-state index in [-0.39, 0.29) is 11.0 Å². The molecule has 9 heteroatoms. The number of nitrogens with zero attached hydrogens (tertiary/aromatic N) is 2. The molecule has 0 atom stereocenters. The molecule has 150 valence electrons. The number of oxazole rings is 1. The summed E-state index contributed by atoms with van der Waals surface area (Å²) < 4.78 is 6.63. The van der Waals surface area contributed by atoms with Crippen molar-refractivity contribution in [2.24, 2.45) is 0 Å². The Morgan fingerprint density at radius 1 is 1.17 bits per heavy atom. The number of hydrogen-bond acceptors (Lipinski definition) is 5. The number of fused-ring (bicyclic) bond motifs is 1. The van der Waals surface area contributed by atoms with Gasteiger partial charge in [0.2, 0.25) is 5.89 Å². The van der Waals surface area contributed by atoms with Crippen LogP contribution < -0.4 is 10.6 Å². The summed E-state index contributed by atoms with van der Waals surface area (Å²) in [5.41, 5.74) is 4.02. The lowest BCUT2D eigenvalue weighted by atomic mass is 10.1. The second-order valence-corrected chi connectivity index (χ2v) is 8.20. The maximum Gasteiger partial charge on any atom is 0.257 e. The van der Waals surface area contributed by atoms with Gasteiger partial charge in [-0.2, -0.15) is 0 Å². The number of anilines is 1. The van der Waals surface area contributed by atoms with Crippen molar-refractivity contribution in [1.82, 2.24) is 15.3 Å². The molecule has 2 N–H and O–H groups in total. The van der Waals surface area contributed by atoms with Gasteiger partial charge in [0, 0.05) is 33.1 Å². The molecule has 0 spiro atoms. The molecule has 0 fully saturated rings. The van der Waals surface area contributed by atoms with Gasteiger partial charge in [0.25, 0.3) is 5.91 Å². The maximum absolute atomic E-state index is 12.4. The lowest BCUT2D eigenvalue weighted by Crippen LogP contribution is -2.34. The Bertz CT molecular complexity index is 1290. The van der Waals surface area contributed by atoms with Crippen LogP contribution in [0, 0.1) is 6.92 Å². The average molecular weight is 502 g/mol. The Morgan fingerprint density at radius 2 is 2.00 bits per heavy atom. The Morgan fingerprint density at radius 3 is 2.77 bits per heavy atom. The van der Waals surface area contributed by atoms with E-state index in [0.717, 1.165) is 15.6 Å². The van der Waals surface area contributed by atoms with Crippen LogP contribution >= 0.6 is 39.7 Å². The molecule has 6 nitrogen and oxygen atoms in total. The number of thiocarbonyl (C=S) groups is 1. The summed E-state index contributed by atoms with van der Waals surface area (Å²) in [6.45, 7) is 1.87. The van der Waals surface area contributed by atoms with E-state index in [9.17, 15) is 4.79 Å². The van der Waals surface area contributed by atoms with E-state index in [0.29, 0.717) is 33.3 Å². The van der Waals surface area contributed by atoms with Crippen LogP contribution in [0.2, 0.25) is 5.02 Å². The number of aromatic nitrogens is 2. The highest BCUT2D eigenvalue weighted by Crippen LogP contribution is 2.27. The summed E-state index contributed by atoms with van der Waals surface area (Å²) in [6, 6.07) is 12.3. The fraction of sp³-hybridized carbons (Fsp3) is 0.0476. The molecule has 0 aliphatic heterocycles. The third-order valence-electron chi connectivity index (χ3n) is 4.26. The van der Waals surface area contributed by atoms with Gasteiger partial charge in [-0.1, -0.05) is 17.7 Å². The molecule has 4 rings (SSSR count). The van der Waals surface area contributed by atoms with E-state index < -0.39 is 0 Å². The molecule has 0 aliphatic rings. The van der Waals surface area contributed by atoms with E-state index >= 15 is 0 Å². The smallest absolute Gasteiger partial charge is 0.257 e. The number of amides is 1. The number of halogens is 2. The Hall–Kier alpha value is -2.81. The molecule has 0 aliphatic carbocycles. The fourth-order valence-electron chi connectivity index (χ4n) is 2.73. The number of aryl methyl sites for hydroxylation is 1. The number of carbonyl (C=O) groups excluding carboxylic acids is 1. The molecule has 30 heavy (non-hydrogen) atoms. The van der Waals surface area contributed by atoms with Crippen LogP contribution in [-0.4, -0.2) is 21.0 Å². The van der Waals surface area contributed by atoms with Gasteiger partial charge in [-0.25, -0.2) is 4.98 Å². The summed E-state index contributed by atoms with van der Waals surface area (Å²) in [5.74, 6) is 0.115.